The average Bonchev–Trinajstić information content (AvgIpc) is 2.15. The van der Waals surface area contributed by atoms with Crippen LogP contribution < -0.4 is 10.5 Å². The molecule has 0 bridgehead atoms. The van der Waals surface area contributed by atoms with Crippen LogP contribution in [0.25, 0.3) is 0 Å². The van der Waals surface area contributed by atoms with Gasteiger partial charge in [0.2, 0.25) is 0 Å². The lowest BCUT2D eigenvalue weighted by Gasteiger charge is -2.09. The van der Waals surface area contributed by atoms with Gasteiger partial charge >= 0.3 is 0 Å². The molecule has 1 aromatic carbocycles. The standard InChI is InChI=1S/C10H13F2NO/c1-7(13)8-2-3-10(9(12)6-8)14-5-4-11/h2-3,6-7H,4-5,13H2,1H3. The molecular formula is C10H13F2NO. The molecule has 1 rings (SSSR count). The molecule has 2 nitrogen and oxygen atoms in total. The highest BCUT2D eigenvalue weighted by atomic mass is 19.1. The van der Waals surface area contributed by atoms with Crippen LogP contribution in [0.1, 0.15) is 18.5 Å². The molecule has 2 N–H and O–H groups in total. The van der Waals surface area contributed by atoms with Gasteiger partial charge in [0.15, 0.2) is 11.6 Å². The average molecular weight is 201 g/mol. The Kier molecular flexibility index (Phi) is 3.83. The van der Waals surface area contributed by atoms with Crippen molar-refractivity contribution in [2.75, 3.05) is 13.3 Å². The second-order valence-corrected chi connectivity index (χ2v) is 3.02. The highest BCUT2D eigenvalue weighted by Crippen LogP contribution is 2.20. The highest BCUT2D eigenvalue weighted by Gasteiger charge is 2.06. The first-order chi connectivity index (χ1) is 6.65. The molecule has 0 saturated heterocycles. The fourth-order valence-electron chi connectivity index (χ4n) is 1.07. The smallest absolute Gasteiger partial charge is 0.165 e. The molecule has 1 unspecified atom stereocenters. The Morgan fingerprint density at radius 2 is 2.21 bits per heavy atom. The van der Waals surface area contributed by atoms with Crippen LogP contribution in [0.4, 0.5) is 8.78 Å². The Bertz CT molecular complexity index is 302. The summed E-state index contributed by atoms with van der Waals surface area (Å²) in [6, 6.07) is 4.21. The number of rotatable bonds is 4. The Hall–Kier alpha value is -1.16. The Balaban J connectivity index is 2.79. The van der Waals surface area contributed by atoms with Gasteiger partial charge in [-0.15, -0.1) is 0 Å². The van der Waals surface area contributed by atoms with Crippen molar-refractivity contribution in [3.8, 4) is 5.75 Å². The number of hydrogen-bond donors (Lipinski definition) is 1. The maximum absolute atomic E-state index is 13.2. The molecule has 1 atom stereocenters. The SMILES string of the molecule is CC(N)c1ccc(OCCF)c(F)c1. The van der Waals surface area contributed by atoms with Crippen LogP contribution in [0, 0.1) is 5.82 Å². The van der Waals surface area contributed by atoms with E-state index in [1.807, 2.05) is 0 Å². The van der Waals surface area contributed by atoms with Gasteiger partial charge in [-0.3, -0.25) is 0 Å². The second kappa shape index (κ2) is 4.91. The van der Waals surface area contributed by atoms with Crippen molar-refractivity contribution >= 4 is 0 Å². The van der Waals surface area contributed by atoms with Gasteiger partial charge in [-0.05, 0) is 24.6 Å². The van der Waals surface area contributed by atoms with E-state index in [1.54, 1.807) is 13.0 Å². The summed E-state index contributed by atoms with van der Waals surface area (Å²) in [5.41, 5.74) is 6.26. The number of nitrogens with two attached hydrogens (primary N) is 1. The summed E-state index contributed by atoms with van der Waals surface area (Å²) in [6.45, 7) is 1.000. The van der Waals surface area contributed by atoms with Crippen LogP contribution in [-0.4, -0.2) is 13.3 Å². The van der Waals surface area contributed by atoms with Gasteiger partial charge in [0, 0.05) is 6.04 Å². The summed E-state index contributed by atoms with van der Waals surface area (Å²) >= 11 is 0. The lowest BCUT2D eigenvalue weighted by atomic mass is 10.1. The number of halogens is 2. The molecule has 0 aromatic heterocycles. The van der Waals surface area contributed by atoms with Crippen molar-refractivity contribution in [3.05, 3.63) is 29.6 Å². The van der Waals surface area contributed by atoms with Gasteiger partial charge in [-0.1, -0.05) is 6.07 Å². The summed E-state index contributed by atoms with van der Waals surface area (Å²) in [6.07, 6.45) is 0. The monoisotopic (exact) mass is 201 g/mol. The van der Waals surface area contributed by atoms with Crippen LogP contribution in [-0.2, 0) is 0 Å². The predicted octanol–water partition coefficient (Wildman–Crippen LogP) is 2.19. The van der Waals surface area contributed by atoms with Crippen LogP contribution in [0.3, 0.4) is 0 Å². The zero-order chi connectivity index (χ0) is 10.6. The molecule has 0 aliphatic heterocycles. The second-order valence-electron chi connectivity index (χ2n) is 3.02. The summed E-state index contributed by atoms with van der Waals surface area (Å²) in [5, 5.41) is 0. The van der Waals surface area contributed by atoms with Crippen molar-refractivity contribution in [3.63, 3.8) is 0 Å². The Morgan fingerprint density at radius 1 is 1.50 bits per heavy atom. The van der Waals surface area contributed by atoms with Crippen LogP contribution in [0.5, 0.6) is 5.75 Å². The van der Waals surface area contributed by atoms with Crippen LogP contribution >= 0.6 is 0 Å². The molecule has 14 heavy (non-hydrogen) atoms. The van der Waals surface area contributed by atoms with Gasteiger partial charge in [0.1, 0.15) is 13.3 Å². The first-order valence-corrected chi connectivity index (χ1v) is 4.39. The van der Waals surface area contributed by atoms with E-state index in [2.05, 4.69) is 0 Å². The third-order valence-electron chi connectivity index (χ3n) is 1.82. The summed E-state index contributed by atoms with van der Waals surface area (Å²) in [7, 11) is 0. The van der Waals surface area contributed by atoms with Crippen molar-refractivity contribution in [2.24, 2.45) is 5.73 Å². The lowest BCUT2D eigenvalue weighted by molar-refractivity contribution is 0.262. The largest absolute Gasteiger partial charge is 0.488 e. The number of alkyl halides is 1. The van der Waals surface area contributed by atoms with E-state index in [4.69, 9.17) is 10.5 Å². The molecule has 0 aliphatic rings. The zero-order valence-corrected chi connectivity index (χ0v) is 7.97. The minimum Gasteiger partial charge on any atom is -0.488 e. The first kappa shape index (κ1) is 10.9. The maximum atomic E-state index is 13.2. The molecule has 0 amide bonds. The van der Waals surface area contributed by atoms with Crippen molar-refractivity contribution in [1.29, 1.82) is 0 Å². The predicted molar refractivity (Wildman–Crippen MR) is 50.5 cm³/mol. The number of ether oxygens (including phenoxy) is 1. The maximum Gasteiger partial charge on any atom is 0.165 e. The number of hydrogen-bond acceptors (Lipinski definition) is 2. The molecule has 0 aliphatic carbocycles. The van der Waals surface area contributed by atoms with Gasteiger partial charge in [-0.2, -0.15) is 0 Å². The Labute approximate surface area is 81.7 Å². The lowest BCUT2D eigenvalue weighted by Crippen LogP contribution is -2.06. The van der Waals surface area contributed by atoms with E-state index in [9.17, 15) is 8.78 Å². The van der Waals surface area contributed by atoms with E-state index in [0.29, 0.717) is 5.56 Å². The van der Waals surface area contributed by atoms with E-state index in [-0.39, 0.29) is 18.4 Å². The fourth-order valence-corrected chi connectivity index (χ4v) is 1.07. The third-order valence-corrected chi connectivity index (χ3v) is 1.82. The molecule has 1 aromatic rings. The molecule has 78 valence electrons. The van der Waals surface area contributed by atoms with Gasteiger partial charge in [-0.25, -0.2) is 8.78 Å². The first-order valence-electron chi connectivity index (χ1n) is 4.39. The minimum atomic E-state index is -0.630. The normalized spacial score (nSPS) is 12.6. The molecule has 0 spiro atoms. The van der Waals surface area contributed by atoms with E-state index in [0.717, 1.165) is 0 Å². The van der Waals surface area contributed by atoms with Gasteiger partial charge < -0.3 is 10.5 Å². The van der Waals surface area contributed by atoms with E-state index >= 15 is 0 Å². The van der Waals surface area contributed by atoms with Crippen molar-refractivity contribution in [1.82, 2.24) is 0 Å². The zero-order valence-electron chi connectivity index (χ0n) is 7.97. The van der Waals surface area contributed by atoms with E-state index < -0.39 is 12.5 Å². The van der Waals surface area contributed by atoms with Crippen molar-refractivity contribution in [2.45, 2.75) is 13.0 Å². The summed E-state index contributed by atoms with van der Waals surface area (Å²) in [5.74, 6) is -0.444. The highest BCUT2D eigenvalue weighted by molar-refractivity contribution is 5.30. The quantitative estimate of drug-likeness (QED) is 0.810. The minimum absolute atomic E-state index is 0.0621. The number of benzene rings is 1. The molecule has 0 heterocycles. The van der Waals surface area contributed by atoms with Crippen LogP contribution in [0.2, 0.25) is 0 Å². The fraction of sp³-hybridized carbons (Fsp3) is 0.400. The van der Waals surface area contributed by atoms with E-state index in [1.165, 1.54) is 12.1 Å². The summed E-state index contributed by atoms with van der Waals surface area (Å²) in [4.78, 5) is 0. The third kappa shape index (κ3) is 2.67. The van der Waals surface area contributed by atoms with Crippen LogP contribution in [0.15, 0.2) is 18.2 Å². The molecule has 0 radical (unpaired) electrons. The van der Waals surface area contributed by atoms with Gasteiger partial charge in [0.05, 0.1) is 0 Å². The topological polar surface area (TPSA) is 35.2 Å². The molecule has 4 heteroatoms. The summed E-state index contributed by atoms with van der Waals surface area (Å²) < 4.78 is 29.8. The molecular weight excluding hydrogens is 188 g/mol. The van der Waals surface area contributed by atoms with Gasteiger partial charge in [0.25, 0.3) is 0 Å². The Morgan fingerprint density at radius 3 is 2.71 bits per heavy atom. The van der Waals surface area contributed by atoms with Crippen molar-refractivity contribution < 1.29 is 13.5 Å². The molecule has 0 fully saturated rings. The molecule has 0 saturated carbocycles.